The maximum Gasteiger partial charge on any atom is 0.338 e. The minimum absolute atomic E-state index is 0.0249. The molecule has 0 aromatic heterocycles. The molecule has 0 saturated carbocycles. The summed E-state index contributed by atoms with van der Waals surface area (Å²) in [4.78, 5) is 35.3. The second-order valence-electron chi connectivity index (χ2n) is 6.66. The van der Waals surface area contributed by atoms with Crippen LogP contribution in [0.1, 0.15) is 69.2 Å². The highest BCUT2D eigenvalue weighted by molar-refractivity contribution is 7.80. The molecular weight excluding hydrogens is 406 g/mol. The van der Waals surface area contributed by atoms with Crippen LogP contribution < -0.4 is 20.9 Å². The highest BCUT2D eigenvalue weighted by Crippen LogP contribution is 2.13. The van der Waals surface area contributed by atoms with Crippen LogP contribution in [0.3, 0.4) is 0 Å². The lowest BCUT2D eigenvalue weighted by molar-refractivity contribution is -0.124. The molecule has 0 atom stereocenters. The number of thiocarbonyl (C=S) groups is 1. The number of hydrogen-bond donors (Lipinski definition) is 3. The predicted octanol–water partition coefficient (Wildman–Crippen LogP) is 3.01. The maximum atomic E-state index is 11.8. The van der Waals surface area contributed by atoms with Crippen LogP contribution in [0.5, 0.6) is 5.75 Å². The van der Waals surface area contributed by atoms with Crippen molar-refractivity contribution in [3.63, 3.8) is 0 Å². The molecule has 0 aliphatic carbocycles. The number of amides is 2. The molecule has 0 bridgehead atoms. The summed E-state index contributed by atoms with van der Waals surface area (Å²) in [6.07, 6.45) is 6.41. The van der Waals surface area contributed by atoms with Gasteiger partial charge in [0.2, 0.25) is 5.91 Å². The molecular formula is C21H31N3O5S. The van der Waals surface area contributed by atoms with Gasteiger partial charge in [-0.15, -0.1) is 0 Å². The maximum absolute atomic E-state index is 11.8. The van der Waals surface area contributed by atoms with Crippen LogP contribution in [0, 0.1) is 0 Å². The van der Waals surface area contributed by atoms with Crippen LogP contribution in [-0.4, -0.2) is 36.1 Å². The van der Waals surface area contributed by atoms with E-state index in [4.69, 9.17) is 21.7 Å². The predicted molar refractivity (Wildman–Crippen MR) is 118 cm³/mol. The van der Waals surface area contributed by atoms with Gasteiger partial charge in [-0.25, -0.2) is 4.79 Å². The normalized spacial score (nSPS) is 10.1. The first-order chi connectivity index (χ1) is 14.5. The Morgan fingerprint density at radius 1 is 0.900 bits per heavy atom. The summed E-state index contributed by atoms with van der Waals surface area (Å²) in [5, 5.41) is 2.54. The molecule has 30 heavy (non-hydrogen) atoms. The van der Waals surface area contributed by atoms with Crippen LogP contribution in [0.15, 0.2) is 24.3 Å². The van der Waals surface area contributed by atoms with E-state index in [-0.39, 0.29) is 17.6 Å². The fraction of sp³-hybridized carbons (Fsp3) is 0.524. The molecule has 1 rings (SSSR count). The van der Waals surface area contributed by atoms with Gasteiger partial charge in [0.25, 0.3) is 5.91 Å². The van der Waals surface area contributed by atoms with E-state index < -0.39 is 11.9 Å². The van der Waals surface area contributed by atoms with Crippen molar-refractivity contribution in [3.05, 3.63) is 29.8 Å². The second-order valence-corrected chi connectivity index (χ2v) is 7.07. The first kappa shape index (κ1) is 25.4. The van der Waals surface area contributed by atoms with Gasteiger partial charge in [-0.3, -0.25) is 20.4 Å². The smallest absolute Gasteiger partial charge is 0.338 e. The van der Waals surface area contributed by atoms with Crippen molar-refractivity contribution in [3.8, 4) is 5.75 Å². The number of carbonyl (C=O) groups excluding carboxylic acids is 3. The van der Waals surface area contributed by atoms with Crippen molar-refractivity contribution in [2.75, 3.05) is 13.2 Å². The van der Waals surface area contributed by atoms with Crippen molar-refractivity contribution in [2.45, 2.75) is 58.8 Å². The molecule has 0 fully saturated rings. The summed E-state index contributed by atoms with van der Waals surface area (Å²) in [7, 11) is 0. The Morgan fingerprint density at radius 2 is 1.60 bits per heavy atom. The Hall–Kier alpha value is -2.68. The van der Waals surface area contributed by atoms with Crippen LogP contribution in [0.4, 0.5) is 0 Å². The highest BCUT2D eigenvalue weighted by Gasteiger charge is 2.09. The lowest BCUT2D eigenvalue weighted by atomic mass is 10.1. The molecule has 0 unspecified atom stereocenters. The number of rotatable bonds is 12. The molecule has 0 aliphatic heterocycles. The second kappa shape index (κ2) is 15.2. The first-order valence-corrected chi connectivity index (χ1v) is 10.7. The molecule has 3 N–H and O–H groups in total. The van der Waals surface area contributed by atoms with Crippen LogP contribution in [-0.2, 0) is 14.3 Å². The van der Waals surface area contributed by atoms with Gasteiger partial charge in [-0.2, -0.15) is 0 Å². The highest BCUT2D eigenvalue weighted by atomic mass is 32.1. The first-order valence-electron chi connectivity index (χ1n) is 10.2. The standard InChI is InChI=1S/C21H31N3O5S/c1-3-5-6-7-8-9-18(25)22-21(30)24-23-19(26)15-29-17-12-10-16(11-13-17)20(27)28-14-4-2/h10-13H,3-9,14-15H2,1-2H3,(H,23,26)(H2,22,24,25,30). The van der Waals surface area contributed by atoms with E-state index >= 15 is 0 Å². The average molecular weight is 438 g/mol. The number of hydrazine groups is 1. The molecule has 0 aliphatic rings. The van der Waals surface area contributed by atoms with E-state index in [9.17, 15) is 14.4 Å². The van der Waals surface area contributed by atoms with E-state index in [2.05, 4.69) is 23.1 Å². The minimum Gasteiger partial charge on any atom is -0.484 e. The number of nitrogens with one attached hydrogen (secondary N) is 3. The number of ether oxygens (including phenoxy) is 2. The van der Waals surface area contributed by atoms with Crippen LogP contribution in [0.25, 0.3) is 0 Å². The zero-order valence-corrected chi connectivity index (χ0v) is 18.4. The Morgan fingerprint density at radius 3 is 2.27 bits per heavy atom. The van der Waals surface area contributed by atoms with E-state index in [1.54, 1.807) is 24.3 Å². The Bertz CT molecular complexity index is 694. The molecule has 0 heterocycles. The minimum atomic E-state index is -0.474. The molecule has 166 valence electrons. The van der Waals surface area contributed by atoms with E-state index in [1.807, 2.05) is 6.92 Å². The van der Waals surface area contributed by atoms with Crippen molar-refractivity contribution in [1.82, 2.24) is 16.2 Å². The summed E-state index contributed by atoms with van der Waals surface area (Å²) >= 11 is 4.97. The summed E-state index contributed by atoms with van der Waals surface area (Å²) in [6.45, 7) is 4.16. The van der Waals surface area contributed by atoms with Crippen LogP contribution in [0.2, 0.25) is 0 Å². The number of hydrogen-bond acceptors (Lipinski definition) is 6. The number of benzene rings is 1. The van der Waals surface area contributed by atoms with Gasteiger partial charge < -0.3 is 14.8 Å². The van der Waals surface area contributed by atoms with Crippen LogP contribution >= 0.6 is 12.2 Å². The fourth-order valence-corrected chi connectivity index (χ4v) is 2.55. The lowest BCUT2D eigenvalue weighted by Gasteiger charge is -2.11. The number of unbranched alkanes of at least 4 members (excludes halogenated alkanes) is 4. The Kier molecular flexibility index (Phi) is 12.8. The van der Waals surface area contributed by atoms with Gasteiger partial charge in [0, 0.05) is 6.42 Å². The van der Waals surface area contributed by atoms with Crippen molar-refractivity contribution in [1.29, 1.82) is 0 Å². The van der Waals surface area contributed by atoms with Gasteiger partial charge in [-0.1, -0.05) is 39.5 Å². The summed E-state index contributed by atoms with van der Waals surface area (Å²) in [5.74, 6) is -0.636. The topological polar surface area (TPSA) is 106 Å². The molecule has 0 spiro atoms. The number of carbonyl (C=O) groups is 3. The monoisotopic (exact) mass is 437 g/mol. The largest absolute Gasteiger partial charge is 0.484 e. The molecule has 0 radical (unpaired) electrons. The molecule has 1 aromatic rings. The van der Waals surface area contributed by atoms with Gasteiger partial charge in [0.05, 0.1) is 12.2 Å². The molecule has 8 nitrogen and oxygen atoms in total. The van der Waals surface area contributed by atoms with Crippen molar-refractivity contribution in [2.24, 2.45) is 0 Å². The van der Waals surface area contributed by atoms with Gasteiger partial charge in [0.1, 0.15) is 5.75 Å². The zero-order valence-electron chi connectivity index (χ0n) is 17.6. The zero-order chi connectivity index (χ0) is 22.2. The molecule has 0 saturated heterocycles. The van der Waals surface area contributed by atoms with Gasteiger partial charge in [-0.05, 0) is 49.3 Å². The van der Waals surface area contributed by atoms with E-state index in [1.165, 1.54) is 6.42 Å². The number of esters is 1. The summed E-state index contributed by atoms with van der Waals surface area (Å²) in [6, 6.07) is 6.29. The Balaban J connectivity index is 2.22. The van der Waals surface area contributed by atoms with Crippen molar-refractivity contribution >= 4 is 35.1 Å². The SMILES string of the molecule is CCCCCCCC(=O)NC(=S)NNC(=O)COc1ccc(C(=O)OCCC)cc1. The quantitative estimate of drug-likeness (QED) is 0.200. The third kappa shape index (κ3) is 11.4. The van der Waals surface area contributed by atoms with E-state index in [0.717, 1.165) is 32.1 Å². The summed E-state index contributed by atoms with van der Waals surface area (Å²) in [5.41, 5.74) is 5.22. The lowest BCUT2D eigenvalue weighted by Crippen LogP contribution is -2.49. The van der Waals surface area contributed by atoms with Gasteiger partial charge >= 0.3 is 5.97 Å². The van der Waals surface area contributed by atoms with Gasteiger partial charge in [0.15, 0.2) is 11.7 Å². The average Bonchev–Trinajstić information content (AvgIpc) is 2.74. The summed E-state index contributed by atoms with van der Waals surface area (Å²) < 4.78 is 10.4. The fourth-order valence-electron chi connectivity index (χ4n) is 2.39. The third-order valence-corrected chi connectivity index (χ3v) is 4.18. The molecule has 9 heteroatoms. The molecule has 2 amide bonds. The van der Waals surface area contributed by atoms with Crippen molar-refractivity contribution < 1.29 is 23.9 Å². The Labute approximate surface area is 183 Å². The van der Waals surface area contributed by atoms with E-state index in [0.29, 0.717) is 24.3 Å². The third-order valence-electron chi connectivity index (χ3n) is 3.97. The molecule has 1 aromatic carbocycles.